The molecule has 1 heterocycles. The third-order valence-corrected chi connectivity index (χ3v) is 1.06. The third kappa shape index (κ3) is 6.24. The molecule has 0 saturated carbocycles. The van der Waals surface area contributed by atoms with Crippen LogP contribution in [-0.4, -0.2) is 27.2 Å². The van der Waals surface area contributed by atoms with Gasteiger partial charge in [-0.3, -0.25) is 0 Å². The molecule has 0 amide bonds. The molecule has 1 aromatic rings. The van der Waals surface area contributed by atoms with Gasteiger partial charge >= 0.3 is 12.1 Å². The Kier molecular flexibility index (Phi) is 4.49. The summed E-state index contributed by atoms with van der Waals surface area (Å²) in [6, 6.07) is 1.80. The predicted octanol–water partition coefficient (Wildman–Crippen LogP) is 1.00. The highest BCUT2D eigenvalue weighted by Gasteiger charge is 2.38. The van der Waals surface area contributed by atoms with E-state index < -0.39 is 12.1 Å². The monoisotopic (exact) mass is 223 g/mol. The van der Waals surface area contributed by atoms with Crippen molar-refractivity contribution in [2.24, 2.45) is 0 Å². The zero-order valence-electron chi connectivity index (χ0n) is 7.62. The van der Waals surface area contributed by atoms with E-state index in [1.807, 2.05) is 6.92 Å². The maximum atomic E-state index is 10.6. The van der Waals surface area contributed by atoms with Gasteiger partial charge in [0.2, 0.25) is 5.95 Å². The van der Waals surface area contributed by atoms with Gasteiger partial charge in [0.15, 0.2) is 0 Å². The molecule has 1 rings (SSSR count). The van der Waals surface area contributed by atoms with E-state index in [9.17, 15) is 13.2 Å². The van der Waals surface area contributed by atoms with Gasteiger partial charge in [-0.25, -0.2) is 14.8 Å². The number of nitrogens with two attached hydrogens (primary N) is 1. The number of aliphatic carboxylic acids is 1. The van der Waals surface area contributed by atoms with Crippen LogP contribution < -0.4 is 5.73 Å². The van der Waals surface area contributed by atoms with E-state index in [-0.39, 0.29) is 0 Å². The number of nitrogens with zero attached hydrogens (tertiary/aromatic N) is 2. The van der Waals surface area contributed by atoms with Gasteiger partial charge in [0.1, 0.15) is 0 Å². The second-order valence-electron chi connectivity index (χ2n) is 2.36. The Morgan fingerprint density at radius 3 is 2.20 bits per heavy atom. The first-order chi connectivity index (χ1) is 6.73. The molecular weight excluding hydrogens is 215 g/mol. The molecule has 0 fully saturated rings. The molecule has 0 spiro atoms. The van der Waals surface area contributed by atoms with Crippen molar-refractivity contribution in [2.75, 3.05) is 5.73 Å². The fraction of sp³-hybridized carbons (Fsp3) is 0.286. The molecule has 0 unspecified atom stereocenters. The van der Waals surface area contributed by atoms with Gasteiger partial charge in [0, 0.05) is 11.9 Å². The highest BCUT2D eigenvalue weighted by molar-refractivity contribution is 5.73. The fourth-order valence-electron chi connectivity index (χ4n) is 0.468. The molecule has 0 aliphatic carbocycles. The second kappa shape index (κ2) is 5.13. The number of anilines is 1. The summed E-state index contributed by atoms with van der Waals surface area (Å²) in [5.41, 5.74) is 6.14. The molecule has 0 aliphatic heterocycles. The standard InChI is InChI=1S/C5H7N3.C2HF3O2/c1-4-2-3-7-5(6)8-4;3-2(4,5)1(6)7/h2-3H,1H3,(H2,6,7,8);(H,6,7). The number of nitrogen functional groups attached to an aromatic ring is 1. The van der Waals surface area contributed by atoms with E-state index in [2.05, 4.69) is 9.97 Å². The summed E-state index contributed by atoms with van der Waals surface area (Å²) in [5.74, 6) is -2.42. The molecule has 0 atom stereocenters. The number of aromatic nitrogens is 2. The normalized spacial score (nSPS) is 10.1. The molecule has 84 valence electrons. The number of rotatable bonds is 0. The number of carboxylic acid groups (broad SMARTS) is 1. The molecule has 0 aliphatic rings. The van der Waals surface area contributed by atoms with Crippen molar-refractivity contribution in [1.82, 2.24) is 9.97 Å². The lowest BCUT2D eigenvalue weighted by molar-refractivity contribution is -0.192. The summed E-state index contributed by atoms with van der Waals surface area (Å²) in [6.45, 7) is 1.87. The quantitative estimate of drug-likeness (QED) is 0.684. The van der Waals surface area contributed by atoms with Crippen molar-refractivity contribution in [3.63, 3.8) is 0 Å². The number of hydrogen-bond donors (Lipinski definition) is 2. The van der Waals surface area contributed by atoms with Gasteiger partial charge in [0.05, 0.1) is 0 Å². The smallest absolute Gasteiger partial charge is 0.475 e. The first-order valence-corrected chi connectivity index (χ1v) is 3.58. The maximum Gasteiger partial charge on any atom is 0.490 e. The SMILES string of the molecule is Cc1ccnc(N)n1.O=C(O)C(F)(F)F. The van der Waals surface area contributed by atoms with Crippen LogP contribution >= 0.6 is 0 Å². The zero-order valence-corrected chi connectivity index (χ0v) is 7.62. The summed E-state index contributed by atoms with van der Waals surface area (Å²) in [4.78, 5) is 16.4. The van der Waals surface area contributed by atoms with Crippen LogP contribution in [0.5, 0.6) is 0 Å². The van der Waals surface area contributed by atoms with Gasteiger partial charge < -0.3 is 10.8 Å². The minimum atomic E-state index is -5.08. The largest absolute Gasteiger partial charge is 0.490 e. The number of alkyl halides is 3. The summed E-state index contributed by atoms with van der Waals surface area (Å²) in [7, 11) is 0. The van der Waals surface area contributed by atoms with Gasteiger partial charge in [-0.15, -0.1) is 0 Å². The number of carbonyl (C=O) groups is 1. The van der Waals surface area contributed by atoms with E-state index in [1.54, 1.807) is 12.3 Å². The maximum absolute atomic E-state index is 10.6. The molecule has 0 bridgehead atoms. The molecule has 8 heteroatoms. The first kappa shape index (κ1) is 13.1. The van der Waals surface area contributed by atoms with Crippen molar-refractivity contribution in [1.29, 1.82) is 0 Å². The fourth-order valence-corrected chi connectivity index (χ4v) is 0.468. The third-order valence-electron chi connectivity index (χ3n) is 1.06. The number of hydrogen-bond acceptors (Lipinski definition) is 4. The van der Waals surface area contributed by atoms with Crippen LogP contribution in [0.3, 0.4) is 0 Å². The Morgan fingerprint density at radius 1 is 1.53 bits per heavy atom. The lowest BCUT2D eigenvalue weighted by Gasteiger charge is -1.93. The minimum Gasteiger partial charge on any atom is -0.475 e. The predicted molar refractivity (Wildman–Crippen MR) is 44.9 cm³/mol. The van der Waals surface area contributed by atoms with E-state index in [0.717, 1.165) is 5.69 Å². The highest BCUT2D eigenvalue weighted by atomic mass is 19.4. The average Bonchev–Trinajstić information content (AvgIpc) is 2.02. The van der Waals surface area contributed by atoms with Crippen LogP contribution in [0.1, 0.15) is 5.69 Å². The minimum absolute atomic E-state index is 0.338. The number of aryl methyl sites for hydroxylation is 1. The van der Waals surface area contributed by atoms with Crippen molar-refractivity contribution in [2.45, 2.75) is 13.1 Å². The van der Waals surface area contributed by atoms with Gasteiger partial charge in [-0.1, -0.05) is 0 Å². The first-order valence-electron chi connectivity index (χ1n) is 3.58. The zero-order chi connectivity index (χ0) is 12.1. The van der Waals surface area contributed by atoms with Gasteiger partial charge in [-0.2, -0.15) is 13.2 Å². The molecule has 3 N–H and O–H groups in total. The van der Waals surface area contributed by atoms with Gasteiger partial charge in [0.25, 0.3) is 0 Å². The summed E-state index contributed by atoms with van der Waals surface area (Å²) >= 11 is 0. The van der Waals surface area contributed by atoms with Crippen LogP contribution in [0.15, 0.2) is 12.3 Å². The Labute approximate surface area is 82.8 Å². The number of halogens is 3. The summed E-state index contributed by atoms with van der Waals surface area (Å²) in [5, 5.41) is 7.12. The van der Waals surface area contributed by atoms with Crippen LogP contribution in [0.4, 0.5) is 19.1 Å². The molecular formula is C7H8F3N3O2. The molecule has 15 heavy (non-hydrogen) atoms. The van der Waals surface area contributed by atoms with Crippen molar-refractivity contribution < 1.29 is 23.1 Å². The topological polar surface area (TPSA) is 89.1 Å². The summed E-state index contributed by atoms with van der Waals surface area (Å²) in [6.07, 6.45) is -3.45. The molecule has 1 aromatic heterocycles. The molecule has 0 radical (unpaired) electrons. The number of carboxylic acids is 1. The van der Waals surface area contributed by atoms with E-state index >= 15 is 0 Å². The lowest BCUT2D eigenvalue weighted by Crippen LogP contribution is -2.21. The highest BCUT2D eigenvalue weighted by Crippen LogP contribution is 2.13. The van der Waals surface area contributed by atoms with Crippen molar-refractivity contribution in [3.8, 4) is 0 Å². The Morgan fingerprint density at radius 2 is 2.00 bits per heavy atom. The lowest BCUT2D eigenvalue weighted by atomic mass is 10.5. The molecule has 0 saturated heterocycles. The van der Waals surface area contributed by atoms with Crippen molar-refractivity contribution in [3.05, 3.63) is 18.0 Å². The Balaban J connectivity index is 0.000000265. The van der Waals surface area contributed by atoms with E-state index in [1.165, 1.54) is 0 Å². The van der Waals surface area contributed by atoms with Gasteiger partial charge in [-0.05, 0) is 13.0 Å². The van der Waals surface area contributed by atoms with Crippen LogP contribution in [0.2, 0.25) is 0 Å². The molecule has 0 aromatic carbocycles. The second-order valence-corrected chi connectivity index (χ2v) is 2.36. The van der Waals surface area contributed by atoms with Crippen LogP contribution in [0.25, 0.3) is 0 Å². The van der Waals surface area contributed by atoms with E-state index in [4.69, 9.17) is 15.6 Å². The van der Waals surface area contributed by atoms with Crippen molar-refractivity contribution >= 4 is 11.9 Å². The average molecular weight is 223 g/mol. The van der Waals surface area contributed by atoms with E-state index in [0.29, 0.717) is 5.95 Å². The van der Waals surface area contributed by atoms with Crippen LogP contribution in [-0.2, 0) is 4.79 Å². The Hall–Kier alpha value is -1.86. The summed E-state index contributed by atoms with van der Waals surface area (Å²) < 4.78 is 31.7. The van der Waals surface area contributed by atoms with Crippen LogP contribution in [0, 0.1) is 6.92 Å². The molecule has 5 nitrogen and oxygen atoms in total. The Bertz CT molecular complexity index is 323.